The molecule has 1 rings (SSSR count). The van der Waals surface area contributed by atoms with Gasteiger partial charge in [0.2, 0.25) is 0 Å². The van der Waals surface area contributed by atoms with Gasteiger partial charge in [0.1, 0.15) is 5.75 Å². The van der Waals surface area contributed by atoms with Gasteiger partial charge in [-0.1, -0.05) is 6.92 Å². The van der Waals surface area contributed by atoms with Crippen LogP contribution >= 0.6 is 0 Å². The van der Waals surface area contributed by atoms with Crippen molar-refractivity contribution >= 4 is 17.6 Å². The van der Waals surface area contributed by atoms with Crippen molar-refractivity contribution in [3.05, 3.63) is 36.0 Å². The predicted octanol–water partition coefficient (Wildman–Crippen LogP) is 3.70. The average molecular weight is 361 g/mol. The Hall–Kier alpha value is -2.71. The minimum Gasteiger partial charge on any atom is -0.481 e. The Bertz CT molecular complexity index is 626. The molecule has 1 unspecified atom stereocenters. The topological polar surface area (TPSA) is 84.9 Å². The number of hydrogen-bond donors (Lipinski definition) is 2. The number of rotatable bonds is 8. The summed E-state index contributed by atoms with van der Waals surface area (Å²) in [6.45, 7) is 3.51. The van der Waals surface area contributed by atoms with Crippen molar-refractivity contribution in [3.8, 4) is 5.75 Å². The van der Waals surface area contributed by atoms with Crippen LogP contribution in [0.1, 0.15) is 26.7 Å². The van der Waals surface area contributed by atoms with Crippen molar-refractivity contribution in [3.63, 3.8) is 0 Å². The van der Waals surface area contributed by atoms with Crippen molar-refractivity contribution in [2.45, 2.75) is 39.2 Å². The van der Waals surface area contributed by atoms with Crippen LogP contribution in [-0.4, -0.2) is 29.5 Å². The monoisotopic (exact) mass is 361 g/mol. The van der Waals surface area contributed by atoms with Gasteiger partial charge >= 0.3 is 18.3 Å². The quantitative estimate of drug-likeness (QED) is 0.543. The summed E-state index contributed by atoms with van der Waals surface area (Å²) in [4.78, 5) is 22.6. The van der Waals surface area contributed by atoms with E-state index in [2.05, 4.69) is 10.1 Å². The number of nitrogens with one attached hydrogen (secondary N) is 1. The van der Waals surface area contributed by atoms with Crippen molar-refractivity contribution < 1.29 is 37.3 Å². The number of carbonyl (C=O) groups is 2. The van der Waals surface area contributed by atoms with Crippen molar-refractivity contribution in [2.24, 2.45) is 0 Å². The highest BCUT2D eigenvalue weighted by Gasteiger charge is 2.30. The Morgan fingerprint density at radius 3 is 2.36 bits per heavy atom. The number of esters is 1. The zero-order chi connectivity index (χ0) is 19.0. The molecule has 0 aliphatic rings. The van der Waals surface area contributed by atoms with Crippen LogP contribution in [0.2, 0.25) is 0 Å². The predicted molar refractivity (Wildman–Crippen MR) is 82.9 cm³/mol. The summed E-state index contributed by atoms with van der Waals surface area (Å²) < 4.78 is 45.1. The van der Waals surface area contributed by atoms with Gasteiger partial charge in [-0.3, -0.25) is 4.79 Å². The lowest BCUT2D eigenvalue weighted by atomic mass is 10.2. The Labute approximate surface area is 142 Å². The molecule has 25 heavy (non-hydrogen) atoms. The lowest BCUT2D eigenvalue weighted by molar-refractivity contribution is -0.274. The maximum absolute atomic E-state index is 12.1. The Morgan fingerprint density at radius 2 is 1.88 bits per heavy atom. The van der Waals surface area contributed by atoms with Crippen molar-refractivity contribution in [1.82, 2.24) is 0 Å². The van der Waals surface area contributed by atoms with Crippen LogP contribution in [0, 0.1) is 0 Å². The van der Waals surface area contributed by atoms with E-state index in [1.807, 2.05) is 6.92 Å². The Balaban J connectivity index is 2.84. The Kier molecular flexibility index (Phi) is 7.28. The third-order valence-electron chi connectivity index (χ3n) is 2.92. The number of carboxylic acid groups (broad SMARTS) is 1. The van der Waals surface area contributed by atoms with Crippen LogP contribution in [0.3, 0.4) is 0 Å². The third-order valence-corrected chi connectivity index (χ3v) is 2.92. The number of carboxylic acids is 1. The standard InChI is InChI=1S/C16H18F3NO5/c1-3-10(2)24-15(23)9-12(8-14(21)22)20-11-4-6-13(7-5-11)25-16(17,18)19/h4-7,9-10,20H,3,8H2,1-2H3,(H,21,22). The largest absolute Gasteiger partial charge is 0.573 e. The summed E-state index contributed by atoms with van der Waals surface area (Å²) in [7, 11) is 0. The zero-order valence-electron chi connectivity index (χ0n) is 13.6. The molecule has 0 aromatic heterocycles. The van der Waals surface area contributed by atoms with Gasteiger partial charge in [0.25, 0.3) is 0 Å². The SMILES string of the molecule is CCC(C)OC(=O)C=C(CC(=O)O)Nc1ccc(OC(F)(F)F)cc1. The molecule has 0 heterocycles. The second kappa shape index (κ2) is 8.95. The van der Waals surface area contributed by atoms with E-state index >= 15 is 0 Å². The first-order chi connectivity index (χ1) is 11.6. The molecule has 9 heteroatoms. The molecule has 0 aliphatic carbocycles. The molecule has 1 atom stereocenters. The molecule has 6 nitrogen and oxygen atoms in total. The second-order valence-electron chi connectivity index (χ2n) is 5.09. The third kappa shape index (κ3) is 8.63. The van der Waals surface area contributed by atoms with Gasteiger partial charge in [-0.25, -0.2) is 4.79 Å². The summed E-state index contributed by atoms with van der Waals surface area (Å²) in [5.41, 5.74) is 0.323. The van der Waals surface area contributed by atoms with E-state index in [-0.39, 0.29) is 11.8 Å². The number of alkyl halides is 3. The molecule has 1 aromatic carbocycles. The first-order valence-corrected chi connectivity index (χ1v) is 7.35. The fourth-order valence-corrected chi connectivity index (χ4v) is 1.68. The zero-order valence-corrected chi connectivity index (χ0v) is 13.6. The molecule has 2 N–H and O–H groups in total. The van der Waals surface area contributed by atoms with Gasteiger partial charge in [0.05, 0.1) is 12.5 Å². The van der Waals surface area contributed by atoms with E-state index in [1.165, 1.54) is 12.1 Å². The summed E-state index contributed by atoms with van der Waals surface area (Å²) in [5, 5.41) is 11.6. The maximum Gasteiger partial charge on any atom is 0.573 e. The highest BCUT2D eigenvalue weighted by molar-refractivity contribution is 5.85. The number of ether oxygens (including phenoxy) is 2. The molecule has 0 aliphatic heterocycles. The fraction of sp³-hybridized carbons (Fsp3) is 0.375. The van der Waals surface area contributed by atoms with Gasteiger partial charge in [-0.15, -0.1) is 13.2 Å². The lowest BCUT2D eigenvalue weighted by Gasteiger charge is -2.13. The smallest absolute Gasteiger partial charge is 0.481 e. The highest BCUT2D eigenvalue weighted by atomic mass is 19.4. The molecular weight excluding hydrogens is 343 g/mol. The van der Waals surface area contributed by atoms with Crippen LogP contribution in [-0.2, 0) is 14.3 Å². The van der Waals surface area contributed by atoms with Crippen LogP contribution in [0.25, 0.3) is 0 Å². The molecule has 0 radical (unpaired) electrons. The summed E-state index contributed by atoms with van der Waals surface area (Å²) >= 11 is 0. The Morgan fingerprint density at radius 1 is 1.28 bits per heavy atom. The molecule has 0 saturated heterocycles. The minimum absolute atomic E-state index is 0.0327. The van der Waals surface area contributed by atoms with Crippen molar-refractivity contribution in [1.29, 1.82) is 0 Å². The number of halogens is 3. The molecule has 0 amide bonds. The van der Waals surface area contributed by atoms with Crippen LogP contribution < -0.4 is 10.1 Å². The number of carbonyl (C=O) groups excluding carboxylic acids is 1. The number of hydrogen-bond acceptors (Lipinski definition) is 5. The van der Waals surface area contributed by atoms with Gasteiger partial charge in [0.15, 0.2) is 0 Å². The normalized spacial score (nSPS) is 13.1. The minimum atomic E-state index is -4.80. The molecule has 0 spiro atoms. The molecule has 0 saturated carbocycles. The van der Waals surface area contributed by atoms with Crippen LogP contribution in [0.4, 0.5) is 18.9 Å². The average Bonchev–Trinajstić information content (AvgIpc) is 2.46. The number of aliphatic carboxylic acids is 1. The molecule has 0 fully saturated rings. The van der Waals surface area contributed by atoms with E-state index in [0.717, 1.165) is 18.2 Å². The van der Waals surface area contributed by atoms with E-state index in [0.29, 0.717) is 12.1 Å². The first kappa shape index (κ1) is 20.3. The molecular formula is C16H18F3NO5. The maximum atomic E-state index is 12.1. The summed E-state index contributed by atoms with van der Waals surface area (Å²) in [6, 6.07) is 4.64. The summed E-state index contributed by atoms with van der Waals surface area (Å²) in [5.74, 6) is -2.32. The van der Waals surface area contributed by atoms with Gasteiger partial charge in [0, 0.05) is 17.5 Å². The van der Waals surface area contributed by atoms with Crippen molar-refractivity contribution in [2.75, 3.05) is 5.32 Å². The van der Waals surface area contributed by atoms with Gasteiger partial charge in [-0.2, -0.15) is 0 Å². The second-order valence-corrected chi connectivity index (χ2v) is 5.09. The van der Waals surface area contributed by atoms with E-state index in [9.17, 15) is 22.8 Å². The highest BCUT2D eigenvalue weighted by Crippen LogP contribution is 2.24. The fourth-order valence-electron chi connectivity index (χ4n) is 1.68. The van der Waals surface area contributed by atoms with Gasteiger partial charge in [-0.05, 0) is 37.6 Å². The number of benzene rings is 1. The van der Waals surface area contributed by atoms with E-state index in [4.69, 9.17) is 9.84 Å². The van der Waals surface area contributed by atoms with Gasteiger partial charge < -0.3 is 19.9 Å². The molecule has 138 valence electrons. The molecule has 0 bridgehead atoms. The van der Waals surface area contributed by atoms with E-state index in [1.54, 1.807) is 6.92 Å². The molecule has 1 aromatic rings. The van der Waals surface area contributed by atoms with E-state index < -0.39 is 30.5 Å². The van der Waals surface area contributed by atoms with Crippen LogP contribution in [0.5, 0.6) is 5.75 Å². The van der Waals surface area contributed by atoms with Crippen LogP contribution in [0.15, 0.2) is 36.0 Å². The summed E-state index contributed by atoms with van der Waals surface area (Å²) in [6.07, 6.45) is -4.02. The lowest BCUT2D eigenvalue weighted by Crippen LogP contribution is -2.17. The number of anilines is 1. The first-order valence-electron chi connectivity index (χ1n) is 7.35.